The van der Waals surface area contributed by atoms with E-state index in [0.717, 1.165) is 0 Å². The van der Waals surface area contributed by atoms with Gasteiger partial charge in [0.05, 0.1) is 0 Å². The van der Waals surface area contributed by atoms with Crippen LogP contribution in [0.5, 0.6) is 0 Å². The molecule has 0 fully saturated rings. The fourth-order valence-corrected chi connectivity index (χ4v) is 0. The molecule has 0 heterocycles. The number of hydrogen-bond acceptors (Lipinski definition) is 4. The monoisotopic (exact) mass is 328 g/mol. The van der Waals surface area contributed by atoms with Crippen molar-refractivity contribution in [3.8, 4) is 0 Å². The molecule has 0 rings (SSSR count). The van der Waals surface area contributed by atoms with E-state index in [0.29, 0.717) is 0 Å². The summed E-state index contributed by atoms with van der Waals surface area (Å²) in [7, 11) is -4.33. The molecule has 0 saturated carbocycles. The molecule has 38 valence electrons. The zero-order valence-corrected chi connectivity index (χ0v) is 9.40. The summed E-state index contributed by atoms with van der Waals surface area (Å²) in [5.41, 5.74) is 0. The van der Waals surface area contributed by atoms with Gasteiger partial charge in [-0.1, -0.05) is 0 Å². The van der Waals surface area contributed by atoms with Crippen molar-refractivity contribution in [1.82, 2.24) is 0 Å². The standard InChI is InChI=1S/Ir.Na.H2O3S2/c;;1-5(2,3)4/h;;(H2,1,2,3,4)/q+3;+1;/p-2. The maximum atomic E-state index is 8.89. The van der Waals surface area contributed by atoms with Crippen LogP contribution in [-0.2, 0) is 40.3 Å². The second kappa shape index (κ2) is 6.07. The largest absolute Gasteiger partial charge is 3.00 e. The third-order valence-electron chi connectivity index (χ3n) is 0. The molecule has 0 aliphatic heterocycles. The van der Waals surface area contributed by atoms with Gasteiger partial charge in [-0.15, -0.1) is 9.05 Å². The molecule has 0 aliphatic carbocycles. The minimum atomic E-state index is -4.33. The maximum Gasteiger partial charge on any atom is 3.00 e. The molecule has 0 aliphatic rings. The Morgan fingerprint density at radius 3 is 1.43 bits per heavy atom. The predicted octanol–water partition coefficient (Wildman–Crippen LogP) is -4.00. The van der Waals surface area contributed by atoms with Crippen LogP contribution >= 0.6 is 0 Å². The summed E-state index contributed by atoms with van der Waals surface area (Å²) < 4.78 is 26.7. The zero-order valence-electron chi connectivity index (χ0n) is 3.37. The molecule has 7 heavy (non-hydrogen) atoms. The van der Waals surface area contributed by atoms with Gasteiger partial charge in [0.2, 0.25) is 0 Å². The van der Waals surface area contributed by atoms with Gasteiger partial charge in [0, 0.05) is 0 Å². The van der Waals surface area contributed by atoms with Crippen molar-refractivity contribution in [2.75, 3.05) is 0 Å². The summed E-state index contributed by atoms with van der Waals surface area (Å²) in [6, 6.07) is 0. The molecule has 0 atom stereocenters. The third-order valence-corrected chi connectivity index (χ3v) is 0. The van der Waals surface area contributed by atoms with Gasteiger partial charge in [0.25, 0.3) is 0 Å². The Kier molecular flexibility index (Phi) is 13.8. The van der Waals surface area contributed by atoms with Crippen LogP contribution in [0.4, 0.5) is 0 Å². The minimum Gasteiger partial charge on any atom is -0.780 e. The normalized spacial score (nSPS) is 8.29. The van der Waals surface area contributed by atoms with Gasteiger partial charge in [-0.05, 0) is 11.2 Å². The molecule has 0 aromatic heterocycles. The molecule has 7 heteroatoms. The van der Waals surface area contributed by atoms with Crippen molar-refractivity contribution in [1.29, 1.82) is 0 Å². The van der Waals surface area contributed by atoms with Crippen LogP contribution in [0.3, 0.4) is 0 Å². The summed E-state index contributed by atoms with van der Waals surface area (Å²) >= 11 is 3.24. The average molecular weight is 327 g/mol. The first-order valence-corrected chi connectivity index (χ1v) is 3.00. The number of rotatable bonds is 0. The first-order chi connectivity index (χ1) is 2.00. The van der Waals surface area contributed by atoms with Gasteiger partial charge < -0.3 is 9.11 Å². The second-order valence-electron chi connectivity index (χ2n) is 0.408. The zero-order chi connectivity index (χ0) is 4.50. The Bertz CT molecular complexity index is 96.1. The molecule has 0 N–H and O–H groups in total. The molecule has 0 unspecified atom stereocenters. The third kappa shape index (κ3) is 74.5. The summed E-state index contributed by atoms with van der Waals surface area (Å²) in [5.74, 6) is 0. The molecule has 0 bridgehead atoms. The fourth-order valence-electron chi connectivity index (χ4n) is 0. The van der Waals surface area contributed by atoms with E-state index in [-0.39, 0.29) is 49.7 Å². The number of hydrogen-bond donors (Lipinski definition) is 0. The first kappa shape index (κ1) is 16.0. The van der Waals surface area contributed by atoms with Gasteiger partial charge in [-0.25, -0.2) is 0 Å². The van der Waals surface area contributed by atoms with Gasteiger partial charge in [0.1, 0.15) is 0 Å². The molecule has 0 amide bonds. The minimum absolute atomic E-state index is 0. The Balaban J connectivity index is -0.0000000800. The van der Waals surface area contributed by atoms with Crippen LogP contribution in [0.2, 0.25) is 0 Å². The van der Waals surface area contributed by atoms with E-state index in [1.807, 2.05) is 0 Å². The topological polar surface area (TPSA) is 63.2 Å². The molecule has 3 nitrogen and oxygen atoms in total. The fraction of sp³-hybridized carbons (Fsp3) is 0. The van der Waals surface area contributed by atoms with Crippen LogP contribution in [0.15, 0.2) is 0 Å². The quantitative estimate of drug-likeness (QED) is 0.426. The van der Waals surface area contributed by atoms with Gasteiger partial charge in [0.15, 0.2) is 0 Å². The van der Waals surface area contributed by atoms with E-state index in [4.69, 9.17) is 13.3 Å². The van der Waals surface area contributed by atoms with Gasteiger partial charge in [-0.2, -0.15) is 0 Å². The Hall–Kier alpha value is 1.94. The van der Waals surface area contributed by atoms with Crippen LogP contribution < -0.4 is 29.6 Å². The summed E-state index contributed by atoms with van der Waals surface area (Å²) in [6.07, 6.45) is 0. The van der Waals surface area contributed by atoms with Crippen molar-refractivity contribution < 1.29 is 63.0 Å². The Morgan fingerprint density at radius 1 is 1.43 bits per heavy atom. The van der Waals surface area contributed by atoms with Crippen molar-refractivity contribution in [3.63, 3.8) is 0 Å². The van der Waals surface area contributed by atoms with Gasteiger partial charge in [-0.3, -0.25) is 4.21 Å². The SMILES string of the molecule is O=S([O-])([O-])=S.[Ir+3].[Na+]. The summed E-state index contributed by atoms with van der Waals surface area (Å²) in [4.78, 5) is 0. The Morgan fingerprint density at radius 2 is 1.43 bits per heavy atom. The average Bonchev–Trinajstić information content (AvgIpc) is 0.722. The Labute approximate surface area is 82.2 Å². The van der Waals surface area contributed by atoms with Crippen molar-refractivity contribution in [2.24, 2.45) is 0 Å². The van der Waals surface area contributed by atoms with Crippen molar-refractivity contribution >= 4 is 20.2 Å². The molecular weight excluding hydrogens is 327 g/mol. The maximum absolute atomic E-state index is 8.89. The van der Waals surface area contributed by atoms with Crippen LogP contribution in [0.25, 0.3) is 0 Å². The van der Waals surface area contributed by atoms with E-state index in [2.05, 4.69) is 11.2 Å². The molecule has 0 aromatic rings. The molecule has 0 saturated heterocycles. The smallest absolute Gasteiger partial charge is 0.780 e. The molecule has 0 spiro atoms. The summed E-state index contributed by atoms with van der Waals surface area (Å²) in [5, 5.41) is 0. The van der Waals surface area contributed by atoms with E-state index in [1.165, 1.54) is 0 Å². The first-order valence-electron chi connectivity index (χ1n) is 0.667. The summed E-state index contributed by atoms with van der Waals surface area (Å²) in [6.45, 7) is 0. The predicted molar refractivity (Wildman–Crippen MR) is 17.1 cm³/mol. The molecule has 0 radical (unpaired) electrons. The van der Waals surface area contributed by atoms with Crippen LogP contribution in [0.1, 0.15) is 0 Å². The molecular formula is IrNaO3S2+2. The van der Waals surface area contributed by atoms with Gasteiger partial charge >= 0.3 is 49.7 Å². The van der Waals surface area contributed by atoms with Crippen molar-refractivity contribution in [3.05, 3.63) is 0 Å². The van der Waals surface area contributed by atoms with E-state index in [9.17, 15) is 0 Å². The second-order valence-corrected chi connectivity index (χ2v) is 2.45. The van der Waals surface area contributed by atoms with E-state index < -0.39 is 9.05 Å². The molecule has 0 aromatic carbocycles. The van der Waals surface area contributed by atoms with Crippen molar-refractivity contribution in [2.45, 2.75) is 0 Å². The van der Waals surface area contributed by atoms with Crippen LogP contribution in [-0.4, -0.2) is 13.3 Å². The van der Waals surface area contributed by atoms with E-state index >= 15 is 0 Å². The van der Waals surface area contributed by atoms with E-state index in [1.54, 1.807) is 0 Å². The van der Waals surface area contributed by atoms with Crippen LogP contribution in [0, 0.1) is 0 Å².